The minimum Gasteiger partial charge on any atom is -0.480 e. The van der Waals surface area contributed by atoms with Crippen molar-refractivity contribution in [3.63, 3.8) is 0 Å². The number of hydrogen-bond donors (Lipinski definition) is 2. The second-order valence-electron chi connectivity index (χ2n) is 4.37. The molecule has 0 saturated heterocycles. The summed E-state index contributed by atoms with van der Waals surface area (Å²) in [4.78, 5) is 15.4. The maximum Gasteiger partial charge on any atom is 0.323 e. The molecule has 0 aliphatic carbocycles. The number of carboxylic acid groups (broad SMARTS) is 1. The van der Waals surface area contributed by atoms with E-state index in [-0.39, 0.29) is 6.54 Å². The van der Waals surface area contributed by atoms with Crippen molar-refractivity contribution in [2.45, 2.75) is 27.3 Å². The second kappa shape index (κ2) is 4.68. The minimum atomic E-state index is -0.869. The molecule has 0 spiro atoms. The number of anilines is 1. The van der Waals surface area contributed by atoms with Crippen LogP contribution in [0.2, 0.25) is 0 Å². The highest BCUT2D eigenvalue weighted by atomic mass is 16.4. The summed E-state index contributed by atoms with van der Waals surface area (Å²) in [7, 11) is 0. The number of hydrogen-bond acceptors (Lipinski definition) is 3. The molecule has 0 aliphatic rings. The molecule has 96 valence electrons. The number of carbonyl (C=O) groups is 1. The fourth-order valence-electron chi connectivity index (χ4n) is 1.97. The average molecular weight is 247 g/mol. The van der Waals surface area contributed by atoms with Gasteiger partial charge in [-0.15, -0.1) is 0 Å². The van der Waals surface area contributed by atoms with Gasteiger partial charge in [-0.25, -0.2) is 4.98 Å². The van der Waals surface area contributed by atoms with Gasteiger partial charge in [-0.1, -0.05) is 0 Å². The van der Waals surface area contributed by atoms with E-state index in [0.717, 1.165) is 22.2 Å². The van der Waals surface area contributed by atoms with Gasteiger partial charge in [0.05, 0.1) is 11.0 Å². The van der Waals surface area contributed by atoms with Crippen molar-refractivity contribution < 1.29 is 9.90 Å². The van der Waals surface area contributed by atoms with Crippen molar-refractivity contribution >= 4 is 23.0 Å². The number of aromatic nitrogens is 2. The molecule has 0 radical (unpaired) electrons. The summed E-state index contributed by atoms with van der Waals surface area (Å²) in [5.74, 6) is -0.258. The van der Waals surface area contributed by atoms with E-state index in [1.54, 1.807) is 4.57 Å². The number of aryl methyl sites for hydroxylation is 2. The first-order valence-electron chi connectivity index (χ1n) is 5.96. The lowest BCUT2D eigenvalue weighted by atomic mass is 10.1. The quantitative estimate of drug-likeness (QED) is 0.869. The van der Waals surface area contributed by atoms with Crippen LogP contribution >= 0.6 is 0 Å². The van der Waals surface area contributed by atoms with Crippen LogP contribution in [0.4, 0.5) is 5.95 Å². The number of rotatable bonds is 4. The third-order valence-corrected chi connectivity index (χ3v) is 2.99. The first-order valence-corrected chi connectivity index (χ1v) is 5.96. The van der Waals surface area contributed by atoms with E-state index in [1.807, 2.05) is 32.9 Å². The minimum absolute atomic E-state index is 0.0820. The Morgan fingerprint density at radius 2 is 2.06 bits per heavy atom. The van der Waals surface area contributed by atoms with Gasteiger partial charge in [-0.3, -0.25) is 9.36 Å². The molecule has 0 amide bonds. The normalized spacial score (nSPS) is 10.8. The van der Waals surface area contributed by atoms with Gasteiger partial charge in [0.1, 0.15) is 6.54 Å². The number of nitrogens with one attached hydrogen (secondary N) is 1. The van der Waals surface area contributed by atoms with Gasteiger partial charge in [-0.05, 0) is 44.0 Å². The predicted octanol–water partition coefficient (Wildman–Crippen LogP) is 2.17. The third kappa shape index (κ3) is 2.16. The maximum absolute atomic E-state index is 10.9. The summed E-state index contributed by atoms with van der Waals surface area (Å²) >= 11 is 0. The molecule has 5 heteroatoms. The Morgan fingerprint density at radius 3 is 2.67 bits per heavy atom. The molecule has 0 unspecified atom stereocenters. The van der Waals surface area contributed by atoms with Crippen LogP contribution in [0, 0.1) is 13.8 Å². The van der Waals surface area contributed by atoms with Crippen molar-refractivity contribution in [2.24, 2.45) is 0 Å². The fraction of sp³-hybridized carbons (Fsp3) is 0.385. The van der Waals surface area contributed by atoms with Crippen LogP contribution in [0.15, 0.2) is 12.1 Å². The van der Waals surface area contributed by atoms with Gasteiger partial charge in [0.15, 0.2) is 0 Å². The highest BCUT2D eigenvalue weighted by Crippen LogP contribution is 2.23. The molecule has 0 fully saturated rings. The summed E-state index contributed by atoms with van der Waals surface area (Å²) in [5, 5.41) is 12.1. The summed E-state index contributed by atoms with van der Waals surface area (Å²) < 4.78 is 1.70. The summed E-state index contributed by atoms with van der Waals surface area (Å²) in [6.07, 6.45) is 0. The lowest BCUT2D eigenvalue weighted by Gasteiger charge is -2.07. The molecule has 2 aromatic rings. The molecule has 2 N–H and O–H groups in total. The fourth-order valence-corrected chi connectivity index (χ4v) is 1.97. The smallest absolute Gasteiger partial charge is 0.323 e. The highest BCUT2D eigenvalue weighted by Gasteiger charge is 2.13. The van der Waals surface area contributed by atoms with Gasteiger partial charge >= 0.3 is 5.97 Å². The Balaban J connectivity index is 2.64. The number of imidazole rings is 1. The van der Waals surface area contributed by atoms with E-state index in [1.165, 1.54) is 0 Å². The maximum atomic E-state index is 10.9. The average Bonchev–Trinajstić information content (AvgIpc) is 2.58. The van der Waals surface area contributed by atoms with Crippen molar-refractivity contribution in [2.75, 3.05) is 11.9 Å². The zero-order chi connectivity index (χ0) is 13.3. The lowest BCUT2D eigenvalue weighted by molar-refractivity contribution is -0.137. The van der Waals surface area contributed by atoms with Gasteiger partial charge < -0.3 is 10.4 Å². The van der Waals surface area contributed by atoms with Crippen molar-refractivity contribution in [1.82, 2.24) is 9.55 Å². The van der Waals surface area contributed by atoms with Crippen molar-refractivity contribution in [1.29, 1.82) is 0 Å². The van der Waals surface area contributed by atoms with Crippen molar-refractivity contribution in [3.8, 4) is 0 Å². The van der Waals surface area contributed by atoms with E-state index in [0.29, 0.717) is 12.5 Å². The van der Waals surface area contributed by atoms with Gasteiger partial charge in [0.25, 0.3) is 0 Å². The Hall–Kier alpha value is -2.04. The summed E-state index contributed by atoms with van der Waals surface area (Å²) in [6.45, 7) is 6.63. The number of fused-ring (bicyclic) bond motifs is 1. The van der Waals surface area contributed by atoms with E-state index >= 15 is 0 Å². The highest BCUT2D eigenvalue weighted by molar-refractivity contribution is 5.82. The molecule has 1 aromatic carbocycles. The number of aliphatic carboxylic acids is 1. The molecule has 0 bridgehead atoms. The zero-order valence-electron chi connectivity index (χ0n) is 10.8. The standard InChI is InChI=1S/C13H17N3O2/c1-4-14-13-15-10-5-8(2)9(3)6-11(10)16(13)7-12(17)18/h5-6H,4,7H2,1-3H3,(H,14,15)(H,17,18). The van der Waals surface area contributed by atoms with E-state index in [9.17, 15) is 4.79 Å². The van der Waals surface area contributed by atoms with Gasteiger partial charge in [0, 0.05) is 6.54 Å². The molecule has 0 saturated carbocycles. The van der Waals surface area contributed by atoms with Crippen LogP contribution < -0.4 is 5.32 Å². The number of benzene rings is 1. The van der Waals surface area contributed by atoms with Crippen LogP contribution in [0.3, 0.4) is 0 Å². The largest absolute Gasteiger partial charge is 0.480 e. The Kier molecular flexibility index (Phi) is 3.23. The molecule has 18 heavy (non-hydrogen) atoms. The molecule has 0 aliphatic heterocycles. The summed E-state index contributed by atoms with van der Waals surface area (Å²) in [6, 6.07) is 3.98. The Bertz CT molecular complexity index is 602. The van der Waals surface area contributed by atoms with E-state index < -0.39 is 5.97 Å². The predicted molar refractivity (Wildman–Crippen MR) is 71.0 cm³/mol. The zero-order valence-corrected chi connectivity index (χ0v) is 10.8. The lowest BCUT2D eigenvalue weighted by Crippen LogP contribution is -2.13. The Morgan fingerprint density at radius 1 is 1.39 bits per heavy atom. The van der Waals surface area contributed by atoms with E-state index in [4.69, 9.17) is 5.11 Å². The molecular weight excluding hydrogens is 230 g/mol. The van der Waals surface area contributed by atoms with Crippen LogP contribution in [0.5, 0.6) is 0 Å². The second-order valence-corrected chi connectivity index (χ2v) is 4.37. The third-order valence-electron chi connectivity index (χ3n) is 2.99. The molecule has 5 nitrogen and oxygen atoms in total. The van der Waals surface area contributed by atoms with E-state index in [2.05, 4.69) is 10.3 Å². The first-order chi connectivity index (χ1) is 8.52. The number of carboxylic acids is 1. The van der Waals surface area contributed by atoms with Crippen LogP contribution in [0.25, 0.3) is 11.0 Å². The molecule has 0 atom stereocenters. The monoisotopic (exact) mass is 247 g/mol. The molecule has 1 aromatic heterocycles. The summed E-state index contributed by atoms with van der Waals surface area (Å²) in [5.41, 5.74) is 3.98. The Labute approximate surface area is 105 Å². The molecular formula is C13H17N3O2. The van der Waals surface area contributed by atoms with Crippen LogP contribution in [0.1, 0.15) is 18.1 Å². The van der Waals surface area contributed by atoms with Gasteiger partial charge in [0.2, 0.25) is 5.95 Å². The van der Waals surface area contributed by atoms with Crippen LogP contribution in [-0.4, -0.2) is 27.2 Å². The topological polar surface area (TPSA) is 67.2 Å². The first kappa shape index (κ1) is 12.4. The number of nitrogens with zero attached hydrogens (tertiary/aromatic N) is 2. The van der Waals surface area contributed by atoms with Crippen molar-refractivity contribution in [3.05, 3.63) is 23.3 Å². The van der Waals surface area contributed by atoms with Gasteiger partial charge in [-0.2, -0.15) is 0 Å². The van der Waals surface area contributed by atoms with Crippen LogP contribution in [-0.2, 0) is 11.3 Å². The molecule has 1 heterocycles. The SMILES string of the molecule is CCNc1nc2cc(C)c(C)cc2n1CC(=O)O. The molecule has 2 rings (SSSR count).